The lowest BCUT2D eigenvalue weighted by atomic mass is 10.3. The SMILES string of the molecule is CN(C)S(=O)(=O)c1ccc(O)c(NS(=O)(=O)c2ccc(Br)s2)c1. The molecule has 0 atom stereocenters. The van der Waals surface area contributed by atoms with Crippen molar-refractivity contribution in [1.82, 2.24) is 4.31 Å². The van der Waals surface area contributed by atoms with E-state index >= 15 is 0 Å². The molecule has 126 valence electrons. The van der Waals surface area contributed by atoms with Crippen LogP contribution in [0.3, 0.4) is 0 Å². The molecule has 1 heterocycles. The summed E-state index contributed by atoms with van der Waals surface area (Å²) in [7, 11) is -4.96. The van der Waals surface area contributed by atoms with Crippen molar-refractivity contribution in [1.29, 1.82) is 0 Å². The predicted molar refractivity (Wildman–Crippen MR) is 91.8 cm³/mol. The van der Waals surface area contributed by atoms with Crippen LogP contribution in [0.2, 0.25) is 0 Å². The third-order valence-electron chi connectivity index (χ3n) is 2.80. The zero-order valence-corrected chi connectivity index (χ0v) is 16.1. The Labute approximate surface area is 146 Å². The first-order valence-corrected chi connectivity index (χ1v) is 10.6. The van der Waals surface area contributed by atoms with Gasteiger partial charge in [-0.1, -0.05) is 0 Å². The molecule has 0 radical (unpaired) electrons. The minimum atomic E-state index is -3.93. The average Bonchev–Trinajstić information content (AvgIpc) is 2.88. The summed E-state index contributed by atoms with van der Waals surface area (Å²) in [5.41, 5.74) is -0.211. The molecule has 0 saturated carbocycles. The van der Waals surface area contributed by atoms with Crippen molar-refractivity contribution in [3.63, 3.8) is 0 Å². The Hall–Kier alpha value is -1.14. The van der Waals surface area contributed by atoms with Gasteiger partial charge in [0.1, 0.15) is 9.96 Å². The molecule has 0 aliphatic carbocycles. The van der Waals surface area contributed by atoms with E-state index in [9.17, 15) is 21.9 Å². The van der Waals surface area contributed by atoms with Gasteiger partial charge in [-0.2, -0.15) is 0 Å². The molecule has 0 amide bonds. The average molecular weight is 441 g/mol. The highest BCUT2D eigenvalue weighted by Gasteiger charge is 2.22. The quantitative estimate of drug-likeness (QED) is 0.693. The van der Waals surface area contributed by atoms with Crippen LogP contribution in [-0.2, 0) is 20.0 Å². The van der Waals surface area contributed by atoms with Crippen molar-refractivity contribution in [3.8, 4) is 5.75 Å². The molecule has 0 spiro atoms. The van der Waals surface area contributed by atoms with Gasteiger partial charge in [-0.25, -0.2) is 21.1 Å². The van der Waals surface area contributed by atoms with E-state index in [2.05, 4.69) is 20.7 Å². The number of anilines is 1. The normalized spacial score (nSPS) is 12.5. The molecule has 2 aromatic rings. The van der Waals surface area contributed by atoms with Crippen molar-refractivity contribution in [2.24, 2.45) is 0 Å². The third-order valence-corrected chi connectivity index (χ3v) is 8.10. The predicted octanol–water partition coefficient (Wildman–Crippen LogP) is 2.27. The molecule has 2 N–H and O–H groups in total. The molecule has 1 aromatic carbocycles. The summed E-state index contributed by atoms with van der Waals surface area (Å²) in [6, 6.07) is 6.37. The summed E-state index contributed by atoms with van der Waals surface area (Å²) in [6.45, 7) is 0. The van der Waals surface area contributed by atoms with E-state index in [1.54, 1.807) is 6.07 Å². The van der Waals surface area contributed by atoms with Crippen LogP contribution in [0.15, 0.2) is 43.2 Å². The molecule has 0 unspecified atom stereocenters. The number of halogens is 1. The maximum atomic E-state index is 12.3. The van der Waals surface area contributed by atoms with E-state index in [0.717, 1.165) is 27.8 Å². The van der Waals surface area contributed by atoms with Gasteiger partial charge >= 0.3 is 0 Å². The van der Waals surface area contributed by atoms with E-state index in [0.29, 0.717) is 3.79 Å². The lowest BCUT2D eigenvalue weighted by Gasteiger charge is -2.14. The number of sulfonamides is 2. The van der Waals surface area contributed by atoms with E-state index < -0.39 is 20.0 Å². The van der Waals surface area contributed by atoms with E-state index in [4.69, 9.17) is 0 Å². The number of hydrogen-bond donors (Lipinski definition) is 2. The standard InChI is InChI=1S/C12H13BrN2O5S3/c1-15(2)23(19,20)8-3-4-10(16)9(7-8)14-22(17,18)12-6-5-11(13)21-12/h3-7,14,16H,1-2H3. The maximum absolute atomic E-state index is 12.3. The van der Waals surface area contributed by atoms with Crippen LogP contribution < -0.4 is 4.72 Å². The molecular formula is C12H13BrN2O5S3. The third kappa shape index (κ3) is 3.86. The van der Waals surface area contributed by atoms with Crippen molar-refractivity contribution >= 4 is 53.0 Å². The number of phenolic OH excluding ortho intramolecular Hbond substituents is 1. The Morgan fingerprint density at radius 1 is 1.13 bits per heavy atom. The largest absolute Gasteiger partial charge is 0.506 e. The van der Waals surface area contributed by atoms with Crippen LogP contribution in [0.1, 0.15) is 0 Å². The van der Waals surface area contributed by atoms with Gasteiger partial charge < -0.3 is 5.11 Å². The summed E-state index contributed by atoms with van der Waals surface area (Å²) in [6.07, 6.45) is 0. The summed E-state index contributed by atoms with van der Waals surface area (Å²) in [5.74, 6) is -0.373. The van der Waals surface area contributed by atoms with Gasteiger partial charge in [-0.05, 0) is 46.3 Å². The molecule has 0 saturated heterocycles. The first-order chi connectivity index (χ1) is 10.5. The van der Waals surface area contributed by atoms with Crippen LogP contribution >= 0.6 is 27.3 Å². The molecule has 2 rings (SSSR count). The van der Waals surface area contributed by atoms with Crippen LogP contribution in [0.25, 0.3) is 0 Å². The van der Waals surface area contributed by atoms with E-state index in [-0.39, 0.29) is 20.5 Å². The Morgan fingerprint density at radius 2 is 1.78 bits per heavy atom. The molecule has 23 heavy (non-hydrogen) atoms. The van der Waals surface area contributed by atoms with Gasteiger partial charge in [0.05, 0.1) is 14.4 Å². The molecule has 11 heteroatoms. The smallest absolute Gasteiger partial charge is 0.271 e. The second-order valence-electron chi connectivity index (χ2n) is 4.63. The fourth-order valence-corrected chi connectivity index (χ4v) is 5.61. The van der Waals surface area contributed by atoms with Gasteiger partial charge in [0.15, 0.2) is 0 Å². The number of phenols is 1. The van der Waals surface area contributed by atoms with Gasteiger partial charge in [-0.15, -0.1) is 11.3 Å². The molecular weight excluding hydrogens is 428 g/mol. The molecule has 0 aliphatic rings. The number of rotatable bonds is 5. The van der Waals surface area contributed by atoms with Gasteiger partial charge in [0.2, 0.25) is 10.0 Å². The van der Waals surface area contributed by atoms with Crippen molar-refractivity contribution in [2.45, 2.75) is 9.10 Å². The van der Waals surface area contributed by atoms with Gasteiger partial charge in [0.25, 0.3) is 10.0 Å². The molecule has 0 aliphatic heterocycles. The topological polar surface area (TPSA) is 104 Å². The second-order valence-corrected chi connectivity index (χ2v) is 11.2. The number of benzene rings is 1. The highest BCUT2D eigenvalue weighted by Crippen LogP contribution is 2.32. The fourth-order valence-electron chi connectivity index (χ4n) is 1.61. The van der Waals surface area contributed by atoms with Gasteiger partial charge in [0, 0.05) is 14.1 Å². The van der Waals surface area contributed by atoms with Crippen LogP contribution in [0.4, 0.5) is 5.69 Å². The summed E-state index contributed by atoms with van der Waals surface area (Å²) >= 11 is 4.16. The van der Waals surface area contributed by atoms with Crippen molar-refractivity contribution < 1.29 is 21.9 Å². The Bertz CT molecular complexity index is 935. The highest BCUT2D eigenvalue weighted by atomic mass is 79.9. The van der Waals surface area contributed by atoms with E-state index in [1.165, 1.54) is 26.2 Å². The van der Waals surface area contributed by atoms with Crippen LogP contribution in [-0.4, -0.2) is 40.3 Å². The fraction of sp³-hybridized carbons (Fsp3) is 0.167. The number of thiophene rings is 1. The molecule has 1 aromatic heterocycles. The van der Waals surface area contributed by atoms with E-state index in [1.807, 2.05) is 0 Å². The second kappa shape index (κ2) is 6.40. The first kappa shape index (κ1) is 18.2. The van der Waals surface area contributed by atoms with Crippen LogP contribution in [0, 0.1) is 0 Å². The number of hydrogen-bond acceptors (Lipinski definition) is 6. The minimum Gasteiger partial charge on any atom is -0.506 e. The monoisotopic (exact) mass is 440 g/mol. The first-order valence-electron chi connectivity index (χ1n) is 6.08. The van der Waals surface area contributed by atoms with Crippen LogP contribution in [0.5, 0.6) is 5.75 Å². The number of nitrogens with zero attached hydrogens (tertiary/aromatic N) is 1. The van der Waals surface area contributed by atoms with Crippen molar-refractivity contribution in [3.05, 3.63) is 34.1 Å². The summed E-state index contributed by atoms with van der Waals surface area (Å²) in [4.78, 5) is -0.134. The number of aromatic hydroxyl groups is 1. The summed E-state index contributed by atoms with van der Waals surface area (Å²) < 4.78 is 52.6. The maximum Gasteiger partial charge on any atom is 0.271 e. The Balaban J connectivity index is 2.45. The lowest BCUT2D eigenvalue weighted by molar-refractivity contribution is 0.477. The Morgan fingerprint density at radius 3 is 2.30 bits per heavy atom. The molecule has 0 bridgehead atoms. The zero-order chi connectivity index (χ0) is 17.4. The lowest BCUT2D eigenvalue weighted by Crippen LogP contribution is -2.22. The van der Waals surface area contributed by atoms with Gasteiger partial charge in [-0.3, -0.25) is 4.72 Å². The molecule has 7 nitrogen and oxygen atoms in total. The highest BCUT2D eigenvalue weighted by molar-refractivity contribution is 9.11. The Kier molecular flexibility index (Phi) is 5.06. The zero-order valence-electron chi connectivity index (χ0n) is 12.0. The van der Waals surface area contributed by atoms with Crippen molar-refractivity contribution in [2.75, 3.05) is 18.8 Å². The summed E-state index contributed by atoms with van der Waals surface area (Å²) in [5, 5.41) is 9.81. The minimum absolute atomic E-state index is 0.0321. The molecule has 0 fully saturated rings. The number of nitrogens with one attached hydrogen (secondary N) is 1.